The molecule has 0 spiro atoms. The van der Waals surface area contributed by atoms with Gasteiger partial charge in [0, 0.05) is 51.2 Å². The standard InChI is InChI=1S/C22H29ClN6O2.HI/c1-4-24-22(28(3)14-19-11-18(23)13-27(19)2)26-12-16-5-7-17(8-6-16)21(31)29-10-9-25-20(30)15-29;/h5-8,11,13H,4,9-10,12,14-15H2,1-3H3,(H,24,26)(H,25,30);1H. The molecule has 2 heterocycles. The number of aryl methyl sites for hydroxylation is 1. The molecule has 0 saturated carbocycles. The summed E-state index contributed by atoms with van der Waals surface area (Å²) in [6, 6.07) is 9.34. The molecule has 0 unspecified atom stereocenters. The number of hydrogen-bond acceptors (Lipinski definition) is 3. The van der Waals surface area contributed by atoms with E-state index in [1.54, 1.807) is 17.0 Å². The number of aromatic nitrogens is 1. The number of carbonyl (C=O) groups is 2. The highest BCUT2D eigenvalue weighted by molar-refractivity contribution is 14.0. The Labute approximate surface area is 211 Å². The first-order valence-electron chi connectivity index (χ1n) is 10.3. The number of hydrogen-bond donors (Lipinski definition) is 2. The van der Waals surface area contributed by atoms with Crippen LogP contribution in [0, 0.1) is 0 Å². The second-order valence-corrected chi connectivity index (χ2v) is 8.00. The Morgan fingerprint density at radius 2 is 2.03 bits per heavy atom. The van der Waals surface area contributed by atoms with Gasteiger partial charge in [0.05, 0.1) is 24.7 Å². The van der Waals surface area contributed by atoms with Crippen molar-refractivity contribution in [3.05, 3.63) is 58.4 Å². The average molecular weight is 573 g/mol. The number of nitrogens with one attached hydrogen (secondary N) is 2. The molecular weight excluding hydrogens is 543 g/mol. The number of halogens is 2. The van der Waals surface area contributed by atoms with E-state index in [0.29, 0.717) is 36.8 Å². The number of nitrogens with zero attached hydrogens (tertiary/aromatic N) is 4. The lowest BCUT2D eigenvalue weighted by atomic mass is 10.1. The lowest BCUT2D eigenvalue weighted by Crippen LogP contribution is -2.49. The zero-order valence-corrected chi connectivity index (χ0v) is 21.7. The molecule has 0 atom stereocenters. The topological polar surface area (TPSA) is 82.0 Å². The second-order valence-electron chi connectivity index (χ2n) is 7.56. The van der Waals surface area contributed by atoms with Gasteiger partial charge in [-0.2, -0.15) is 0 Å². The maximum Gasteiger partial charge on any atom is 0.254 e. The third-order valence-electron chi connectivity index (χ3n) is 5.11. The molecule has 2 N–H and O–H groups in total. The smallest absolute Gasteiger partial charge is 0.254 e. The van der Waals surface area contributed by atoms with Crippen LogP contribution < -0.4 is 10.6 Å². The number of aliphatic imine (C=N–C) groups is 1. The SMILES string of the molecule is CCNC(=NCc1ccc(C(=O)N2CCNC(=O)C2)cc1)N(C)Cc1cc(Cl)cn1C.I. The summed E-state index contributed by atoms with van der Waals surface area (Å²) in [4.78, 5) is 32.5. The van der Waals surface area contributed by atoms with Crippen molar-refractivity contribution in [2.75, 3.05) is 33.2 Å². The summed E-state index contributed by atoms with van der Waals surface area (Å²) >= 11 is 6.09. The lowest BCUT2D eigenvalue weighted by molar-refractivity contribution is -0.123. The van der Waals surface area contributed by atoms with Crippen molar-refractivity contribution in [1.82, 2.24) is 25.0 Å². The van der Waals surface area contributed by atoms with Crippen LogP contribution in [0.2, 0.25) is 5.02 Å². The molecule has 8 nitrogen and oxygen atoms in total. The minimum absolute atomic E-state index is 0. The number of amides is 2. The van der Waals surface area contributed by atoms with Gasteiger partial charge >= 0.3 is 0 Å². The summed E-state index contributed by atoms with van der Waals surface area (Å²) in [5, 5.41) is 6.75. The van der Waals surface area contributed by atoms with E-state index < -0.39 is 0 Å². The van der Waals surface area contributed by atoms with Crippen molar-refractivity contribution in [2.24, 2.45) is 12.0 Å². The number of piperazine rings is 1. The third-order valence-corrected chi connectivity index (χ3v) is 5.31. The van der Waals surface area contributed by atoms with Crippen molar-refractivity contribution in [2.45, 2.75) is 20.0 Å². The summed E-state index contributed by atoms with van der Waals surface area (Å²) in [5.41, 5.74) is 2.66. The molecule has 0 aliphatic carbocycles. The van der Waals surface area contributed by atoms with Crippen LogP contribution in [0.25, 0.3) is 0 Å². The van der Waals surface area contributed by atoms with Gasteiger partial charge < -0.3 is 25.0 Å². The molecule has 1 aromatic carbocycles. The second kappa shape index (κ2) is 12.1. The molecule has 2 amide bonds. The summed E-state index contributed by atoms with van der Waals surface area (Å²) in [7, 11) is 3.96. The first-order chi connectivity index (χ1) is 14.9. The van der Waals surface area contributed by atoms with Gasteiger partial charge in [0.1, 0.15) is 0 Å². The molecule has 1 aliphatic rings. The average Bonchev–Trinajstić information content (AvgIpc) is 3.07. The molecule has 1 fully saturated rings. The van der Waals surface area contributed by atoms with Gasteiger partial charge in [-0.3, -0.25) is 9.59 Å². The number of guanidine groups is 1. The fourth-order valence-corrected chi connectivity index (χ4v) is 3.70. The molecule has 0 bridgehead atoms. The molecule has 1 aromatic heterocycles. The molecule has 32 heavy (non-hydrogen) atoms. The predicted octanol–water partition coefficient (Wildman–Crippen LogP) is 2.47. The monoisotopic (exact) mass is 572 g/mol. The zero-order chi connectivity index (χ0) is 22.4. The van der Waals surface area contributed by atoms with Crippen LogP contribution in [-0.4, -0.2) is 65.4 Å². The fraction of sp³-hybridized carbons (Fsp3) is 0.409. The lowest BCUT2D eigenvalue weighted by Gasteiger charge is -2.26. The number of rotatable bonds is 6. The zero-order valence-electron chi connectivity index (χ0n) is 18.6. The van der Waals surface area contributed by atoms with Gasteiger partial charge in [0.25, 0.3) is 5.91 Å². The maximum absolute atomic E-state index is 12.6. The van der Waals surface area contributed by atoms with Crippen molar-refractivity contribution in [3.63, 3.8) is 0 Å². The minimum Gasteiger partial charge on any atom is -0.357 e. The molecule has 1 saturated heterocycles. The Balaban J connectivity index is 0.00000363. The van der Waals surface area contributed by atoms with Gasteiger partial charge in [-0.15, -0.1) is 24.0 Å². The highest BCUT2D eigenvalue weighted by Gasteiger charge is 2.22. The number of benzene rings is 1. The summed E-state index contributed by atoms with van der Waals surface area (Å²) in [6.45, 7) is 5.08. The Morgan fingerprint density at radius 3 is 2.62 bits per heavy atom. The maximum atomic E-state index is 12.6. The Bertz CT molecular complexity index is 960. The molecule has 2 aromatic rings. The highest BCUT2D eigenvalue weighted by atomic mass is 127. The Hall–Kier alpha value is -2.27. The van der Waals surface area contributed by atoms with Crippen molar-refractivity contribution in [1.29, 1.82) is 0 Å². The van der Waals surface area contributed by atoms with Crippen LogP contribution in [-0.2, 0) is 24.9 Å². The van der Waals surface area contributed by atoms with E-state index in [1.165, 1.54) is 0 Å². The first-order valence-corrected chi connectivity index (χ1v) is 10.7. The van der Waals surface area contributed by atoms with Gasteiger partial charge in [0.15, 0.2) is 5.96 Å². The summed E-state index contributed by atoms with van der Waals surface area (Å²) in [6.07, 6.45) is 1.88. The quantitative estimate of drug-likeness (QED) is 0.317. The van der Waals surface area contributed by atoms with Gasteiger partial charge in [-0.25, -0.2) is 4.99 Å². The van der Waals surface area contributed by atoms with Gasteiger partial charge in [0.2, 0.25) is 5.91 Å². The first kappa shape index (κ1) is 26.0. The van der Waals surface area contributed by atoms with Crippen LogP contribution in [0.4, 0.5) is 0 Å². The predicted molar refractivity (Wildman–Crippen MR) is 137 cm³/mol. The highest BCUT2D eigenvalue weighted by Crippen LogP contribution is 2.14. The van der Waals surface area contributed by atoms with E-state index in [2.05, 4.69) is 15.5 Å². The largest absolute Gasteiger partial charge is 0.357 e. The van der Waals surface area contributed by atoms with Crippen LogP contribution in [0.3, 0.4) is 0 Å². The van der Waals surface area contributed by atoms with Crippen molar-refractivity contribution < 1.29 is 9.59 Å². The van der Waals surface area contributed by atoms with Gasteiger partial charge in [-0.1, -0.05) is 23.7 Å². The molecule has 174 valence electrons. The summed E-state index contributed by atoms with van der Waals surface area (Å²) < 4.78 is 2.00. The Kier molecular flexibility index (Phi) is 9.83. The van der Waals surface area contributed by atoms with Crippen LogP contribution in [0.1, 0.15) is 28.5 Å². The van der Waals surface area contributed by atoms with E-state index in [0.717, 1.165) is 23.8 Å². The van der Waals surface area contributed by atoms with E-state index in [4.69, 9.17) is 16.6 Å². The molecular formula is C22H30ClIN6O2. The van der Waals surface area contributed by atoms with Gasteiger partial charge in [-0.05, 0) is 30.7 Å². The van der Waals surface area contributed by atoms with E-state index in [9.17, 15) is 9.59 Å². The summed E-state index contributed by atoms with van der Waals surface area (Å²) in [5.74, 6) is 0.543. The molecule has 3 rings (SSSR count). The minimum atomic E-state index is -0.126. The normalized spacial score (nSPS) is 13.9. The molecule has 0 radical (unpaired) electrons. The molecule has 10 heteroatoms. The Morgan fingerprint density at radius 1 is 1.31 bits per heavy atom. The fourth-order valence-electron chi connectivity index (χ4n) is 3.42. The molecule has 1 aliphatic heterocycles. The number of carbonyl (C=O) groups excluding carboxylic acids is 2. The van der Waals surface area contributed by atoms with Crippen LogP contribution in [0.5, 0.6) is 0 Å². The van der Waals surface area contributed by atoms with Crippen LogP contribution >= 0.6 is 35.6 Å². The third kappa shape index (κ3) is 6.86. The van der Waals surface area contributed by atoms with E-state index >= 15 is 0 Å². The van der Waals surface area contributed by atoms with Crippen molar-refractivity contribution >= 4 is 53.4 Å². The van der Waals surface area contributed by atoms with E-state index in [1.807, 2.05) is 50.0 Å². The van der Waals surface area contributed by atoms with Crippen molar-refractivity contribution in [3.8, 4) is 0 Å². The van der Waals surface area contributed by atoms with Crippen LogP contribution in [0.15, 0.2) is 41.5 Å². The van der Waals surface area contributed by atoms with E-state index in [-0.39, 0.29) is 42.3 Å².